The van der Waals surface area contributed by atoms with Crippen LogP contribution in [0.2, 0.25) is 0 Å². The highest BCUT2D eigenvalue weighted by atomic mass is 35.5. The van der Waals surface area contributed by atoms with Crippen LogP contribution in [0.4, 0.5) is 0 Å². The summed E-state index contributed by atoms with van der Waals surface area (Å²) in [6, 6.07) is 12.2. The Morgan fingerprint density at radius 2 is 1.90 bits per heavy atom. The minimum atomic E-state index is 0.308. The molecule has 106 valence electrons. The third-order valence-electron chi connectivity index (χ3n) is 3.37. The third-order valence-corrected chi connectivity index (χ3v) is 3.61. The molecule has 2 aromatic heterocycles. The maximum Gasteiger partial charge on any atom is 0.170 e. The summed E-state index contributed by atoms with van der Waals surface area (Å²) in [6.45, 7) is 2.14. The summed E-state index contributed by atoms with van der Waals surface area (Å²) >= 11 is 6.00. The molecule has 0 bridgehead atoms. The normalized spacial score (nSPS) is 10.8. The van der Waals surface area contributed by atoms with E-state index in [2.05, 4.69) is 46.4 Å². The number of benzene rings is 1. The summed E-state index contributed by atoms with van der Waals surface area (Å²) in [5.74, 6) is 1.78. The molecular weight excluding hydrogens is 284 g/mol. The Morgan fingerprint density at radius 1 is 1.10 bits per heavy atom. The van der Waals surface area contributed by atoms with Crippen molar-refractivity contribution < 1.29 is 0 Å². The molecule has 0 atom stereocenters. The van der Waals surface area contributed by atoms with E-state index in [4.69, 9.17) is 11.6 Å². The smallest absolute Gasteiger partial charge is 0.170 e. The summed E-state index contributed by atoms with van der Waals surface area (Å²) < 4.78 is 1.98. The lowest BCUT2D eigenvalue weighted by atomic mass is 10.1. The van der Waals surface area contributed by atoms with E-state index in [9.17, 15) is 0 Å². The van der Waals surface area contributed by atoms with Crippen LogP contribution in [0.1, 0.15) is 18.3 Å². The van der Waals surface area contributed by atoms with Gasteiger partial charge in [0.2, 0.25) is 0 Å². The second-order valence-corrected chi connectivity index (χ2v) is 4.94. The number of halogens is 1. The van der Waals surface area contributed by atoms with Crippen molar-refractivity contribution in [3.63, 3.8) is 0 Å². The maximum atomic E-state index is 6.00. The molecule has 0 aliphatic rings. The molecule has 2 heterocycles. The Kier molecular flexibility index (Phi) is 3.97. The number of hydrogen-bond donors (Lipinski definition) is 0. The lowest BCUT2D eigenvalue weighted by Gasteiger charge is -2.10. The summed E-state index contributed by atoms with van der Waals surface area (Å²) in [5.41, 5.74) is 3.22. The number of hydrogen-bond acceptors (Lipinski definition) is 3. The van der Waals surface area contributed by atoms with Gasteiger partial charge >= 0.3 is 0 Å². The number of rotatable bonds is 4. The summed E-state index contributed by atoms with van der Waals surface area (Å²) in [6.07, 6.45) is 4.53. The highest BCUT2D eigenvalue weighted by Crippen LogP contribution is 2.23. The first-order chi connectivity index (χ1) is 10.3. The van der Waals surface area contributed by atoms with Gasteiger partial charge in [-0.05, 0) is 36.2 Å². The second kappa shape index (κ2) is 6.06. The lowest BCUT2D eigenvalue weighted by molar-refractivity contribution is 0.951. The molecule has 0 amide bonds. The zero-order valence-electron chi connectivity index (χ0n) is 11.7. The zero-order chi connectivity index (χ0) is 14.7. The molecule has 4 nitrogen and oxygen atoms in total. The van der Waals surface area contributed by atoms with Gasteiger partial charge in [0.15, 0.2) is 11.6 Å². The summed E-state index contributed by atoms with van der Waals surface area (Å²) in [7, 11) is 0. The van der Waals surface area contributed by atoms with Crippen molar-refractivity contribution in [2.75, 3.05) is 0 Å². The Morgan fingerprint density at radius 3 is 2.52 bits per heavy atom. The molecule has 0 saturated heterocycles. The van der Waals surface area contributed by atoms with E-state index < -0.39 is 0 Å². The third kappa shape index (κ3) is 2.67. The predicted octanol–water partition coefficient (Wildman–Crippen LogP) is 3.63. The Balaban J connectivity index is 2.13. The second-order valence-electron chi connectivity index (χ2n) is 4.67. The average molecular weight is 299 g/mol. The summed E-state index contributed by atoms with van der Waals surface area (Å²) in [4.78, 5) is 4.14. The first-order valence-corrected chi connectivity index (χ1v) is 7.37. The number of alkyl halides is 1. The van der Waals surface area contributed by atoms with Crippen molar-refractivity contribution in [3.05, 3.63) is 60.2 Å². The zero-order valence-corrected chi connectivity index (χ0v) is 12.5. The van der Waals surface area contributed by atoms with Crippen LogP contribution in [0.5, 0.6) is 0 Å². The standard InChI is InChI=1S/C16H15ClN4/c1-2-12-5-7-14(8-6-12)21-15(10-17)19-20-16(21)13-4-3-9-18-11-13/h3-9,11H,2,10H2,1H3. The van der Waals surface area contributed by atoms with E-state index in [1.165, 1.54) is 5.56 Å². The van der Waals surface area contributed by atoms with E-state index in [1.807, 2.05) is 16.7 Å². The maximum absolute atomic E-state index is 6.00. The van der Waals surface area contributed by atoms with Gasteiger partial charge in [0.1, 0.15) is 0 Å². The van der Waals surface area contributed by atoms with Gasteiger partial charge in [0.05, 0.1) is 5.88 Å². The van der Waals surface area contributed by atoms with Crippen LogP contribution in [0.25, 0.3) is 17.1 Å². The first-order valence-electron chi connectivity index (χ1n) is 6.83. The van der Waals surface area contributed by atoms with Crippen LogP contribution in [-0.2, 0) is 12.3 Å². The quantitative estimate of drug-likeness (QED) is 0.691. The molecular formula is C16H15ClN4. The molecule has 0 saturated carbocycles. The van der Waals surface area contributed by atoms with E-state index in [-0.39, 0.29) is 0 Å². The van der Waals surface area contributed by atoms with Gasteiger partial charge in [0.25, 0.3) is 0 Å². The van der Waals surface area contributed by atoms with Gasteiger partial charge in [-0.1, -0.05) is 19.1 Å². The molecule has 3 rings (SSSR count). The van der Waals surface area contributed by atoms with Gasteiger partial charge in [-0.3, -0.25) is 9.55 Å². The molecule has 0 radical (unpaired) electrons. The fourth-order valence-electron chi connectivity index (χ4n) is 2.24. The Bertz CT molecular complexity index is 720. The van der Waals surface area contributed by atoms with E-state index in [0.717, 1.165) is 29.3 Å². The molecule has 3 aromatic rings. The first kappa shape index (κ1) is 13.8. The number of aromatic nitrogens is 4. The van der Waals surface area contributed by atoms with Crippen LogP contribution in [0.3, 0.4) is 0 Å². The summed E-state index contributed by atoms with van der Waals surface area (Å²) in [5, 5.41) is 8.45. The molecule has 0 N–H and O–H groups in total. The molecule has 0 aliphatic heterocycles. The lowest BCUT2D eigenvalue weighted by Crippen LogP contribution is -2.02. The van der Waals surface area contributed by atoms with Crippen LogP contribution in [-0.4, -0.2) is 19.7 Å². The van der Waals surface area contributed by atoms with Crippen LogP contribution < -0.4 is 0 Å². The number of nitrogens with zero attached hydrogens (tertiary/aromatic N) is 4. The van der Waals surface area contributed by atoms with Crippen molar-refractivity contribution in [1.82, 2.24) is 19.7 Å². The fourth-order valence-corrected chi connectivity index (χ4v) is 2.41. The highest BCUT2D eigenvalue weighted by molar-refractivity contribution is 6.16. The van der Waals surface area contributed by atoms with Crippen molar-refractivity contribution in [3.8, 4) is 17.1 Å². The van der Waals surface area contributed by atoms with Crippen molar-refractivity contribution in [2.45, 2.75) is 19.2 Å². The van der Waals surface area contributed by atoms with Crippen LogP contribution in [0.15, 0.2) is 48.8 Å². The van der Waals surface area contributed by atoms with Crippen molar-refractivity contribution in [1.29, 1.82) is 0 Å². The predicted molar refractivity (Wildman–Crippen MR) is 83.5 cm³/mol. The SMILES string of the molecule is CCc1ccc(-n2c(CCl)nnc2-c2cccnc2)cc1. The Labute approximate surface area is 128 Å². The molecule has 1 aromatic carbocycles. The van der Waals surface area contributed by atoms with Gasteiger partial charge in [0, 0.05) is 23.6 Å². The average Bonchev–Trinajstić information content (AvgIpc) is 2.99. The van der Waals surface area contributed by atoms with Crippen LogP contribution >= 0.6 is 11.6 Å². The molecule has 0 fully saturated rings. The van der Waals surface area contributed by atoms with Gasteiger partial charge in [-0.2, -0.15) is 0 Å². The fraction of sp³-hybridized carbons (Fsp3) is 0.188. The van der Waals surface area contributed by atoms with Crippen molar-refractivity contribution >= 4 is 11.6 Å². The topological polar surface area (TPSA) is 43.6 Å². The minimum absolute atomic E-state index is 0.308. The monoisotopic (exact) mass is 298 g/mol. The van der Waals surface area contributed by atoms with Crippen LogP contribution in [0, 0.1) is 0 Å². The molecule has 0 unspecified atom stereocenters. The molecule has 0 aliphatic carbocycles. The highest BCUT2D eigenvalue weighted by Gasteiger charge is 2.14. The van der Waals surface area contributed by atoms with E-state index in [0.29, 0.717) is 5.88 Å². The number of aryl methyl sites for hydroxylation is 1. The van der Waals surface area contributed by atoms with E-state index in [1.54, 1.807) is 12.4 Å². The minimum Gasteiger partial charge on any atom is -0.278 e. The largest absolute Gasteiger partial charge is 0.278 e. The van der Waals surface area contributed by atoms with E-state index >= 15 is 0 Å². The molecule has 0 spiro atoms. The van der Waals surface area contributed by atoms with Crippen molar-refractivity contribution in [2.24, 2.45) is 0 Å². The number of pyridine rings is 1. The van der Waals surface area contributed by atoms with Gasteiger partial charge in [-0.15, -0.1) is 21.8 Å². The van der Waals surface area contributed by atoms with Gasteiger partial charge < -0.3 is 0 Å². The van der Waals surface area contributed by atoms with Gasteiger partial charge in [-0.25, -0.2) is 0 Å². The molecule has 5 heteroatoms. The molecule has 21 heavy (non-hydrogen) atoms. The Hall–Kier alpha value is -2.20.